The van der Waals surface area contributed by atoms with Gasteiger partial charge in [-0.05, 0) is 19.3 Å². The van der Waals surface area contributed by atoms with E-state index in [4.69, 9.17) is 0 Å². The predicted molar refractivity (Wildman–Crippen MR) is 184 cm³/mol. The largest absolute Gasteiger partial charge is 0.320 e. The summed E-state index contributed by atoms with van der Waals surface area (Å²) in [6.45, 7) is 16.4. The van der Waals surface area contributed by atoms with Crippen molar-refractivity contribution in [2.24, 2.45) is 0 Å². The molecule has 216 valence electrons. The third-order valence-electron chi connectivity index (χ3n) is 8.65. The van der Waals surface area contributed by atoms with Crippen molar-refractivity contribution in [3.8, 4) is 0 Å². The molecule has 4 aromatic rings. The monoisotopic (exact) mass is 545 g/mol. The van der Waals surface area contributed by atoms with Crippen LogP contribution < -0.4 is 16.4 Å². The normalized spacial score (nSPS) is 11.4. The third-order valence-corrected chi connectivity index (χ3v) is 8.65. The summed E-state index contributed by atoms with van der Waals surface area (Å²) in [5.41, 5.74) is 5.40. The van der Waals surface area contributed by atoms with Gasteiger partial charge in [0.25, 0.3) is 0 Å². The zero-order valence-corrected chi connectivity index (χ0v) is 25.9. The lowest BCUT2D eigenvalue weighted by Crippen LogP contribution is -2.65. The smallest absolute Gasteiger partial charge is 0.104 e. The molecule has 0 aliphatic heterocycles. The van der Waals surface area contributed by atoms with E-state index in [1.807, 2.05) is 0 Å². The van der Waals surface area contributed by atoms with Crippen LogP contribution in [0.4, 0.5) is 0 Å². The molecule has 1 nitrogen and oxygen atoms in total. The second-order valence-corrected chi connectivity index (χ2v) is 11.6. The predicted octanol–water partition coefficient (Wildman–Crippen LogP) is 8.29. The van der Waals surface area contributed by atoms with E-state index >= 15 is 0 Å². The van der Waals surface area contributed by atoms with Crippen molar-refractivity contribution >= 4 is 22.5 Å². The van der Waals surface area contributed by atoms with E-state index in [1.165, 1.54) is 91.1 Å². The van der Waals surface area contributed by atoms with Crippen LogP contribution >= 0.6 is 0 Å². The van der Waals surface area contributed by atoms with Crippen molar-refractivity contribution < 1.29 is 4.48 Å². The minimum absolute atomic E-state index is 1.13. The average molecular weight is 546 g/mol. The Balaban J connectivity index is 0.000000226. The lowest BCUT2D eigenvalue weighted by atomic mass is 9.16. The molecular weight excluding hydrogens is 493 g/mol. The van der Waals surface area contributed by atoms with Gasteiger partial charge in [0.15, 0.2) is 0 Å². The van der Waals surface area contributed by atoms with Gasteiger partial charge in [0.05, 0.1) is 25.8 Å². The van der Waals surface area contributed by atoms with Gasteiger partial charge < -0.3 is 4.48 Å². The highest BCUT2D eigenvalue weighted by atomic mass is 15.3. The topological polar surface area (TPSA) is 0 Å². The maximum Gasteiger partial charge on any atom is 0.104 e. The highest BCUT2D eigenvalue weighted by Gasteiger charge is 2.27. The van der Waals surface area contributed by atoms with Gasteiger partial charge in [0.2, 0.25) is 0 Å². The summed E-state index contributed by atoms with van der Waals surface area (Å²) in [5.74, 6) is 2.11. The lowest BCUT2D eigenvalue weighted by Gasteiger charge is -2.40. The number of benzene rings is 4. The first-order valence-corrected chi connectivity index (χ1v) is 16.0. The van der Waals surface area contributed by atoms with E-state index in [0.717, 1.165) is 0 Å². The molecule has 0 spiro atoms. The molecule has 0 heterocycles. The molecule has 0 amide bonds. The van der Waals surface area contributed by atoms with E-state index in [2.05, 4.69) is 155 Å². The van der Waals surface area contributed by atoms with Gasteiger partial charge in [0.1, 0.15) is 6.54 Å². The molecule has 0 N–H and O–H groups in total. The number of rotatable bonds is 15. The first kappa shape index (κ1) is 32.2. The van der Waals surface area contributed by atoms with Gasteiger partial charge in [-0.15, -0.1) is 6.58 Å². The molecule has 0 aromatic heterocycles. The summed E-state index contributed by atoms with van der Waals surface area (Å²) in [7, 11) is 0. The zero-order chi connectivity index (χ0) is 29.2. The molecule has 0 bridgehead atoms. The summed E-state index contributed by atoms with van der Waals surface area (Å²) in [6.07, 6.45) is 6.89. The van der Waals surface area contributed by atoms with Gasteiger partial charge >= 0.3 is 0 Å². The fourth-order valence-corrected chi connectivity index (χ4v) is 6.28. The maximum absolute atomic E-state index is 4.19. The Kier molecular flexibility index (Phi) is 13.7. The van der Waals surface area contributed by atoms with Crippen LogP contribution in [0.25, 0.3) is 0 Å². The molecule has 0 radical (unpaired) electrons. The number of quaternary nitrogens is 1. The van der Waals surface area contributed by atoms with Crippen LogP contribution in [0.1, 0.15) is 64.9 Å². The SMILES string of the molecule is C=C[B-](c1ccccc1)(c1ccccc1)c1ccccc1.CCCC[N+](CCCC)(CCCC)Cc1ccccc1. The summed E-state index contributed by atoms with van der Waals surface area (Å²) in [6, 6.07) is 43.0. The highest BCUT2D eigenvalue weighted by molar-refractivity contribution is 7.14. The van der Waals surface area contributed by atoms with Crippen LogP contribution in [-0.2, 0) is 6.54 Å². The third kappa shape index (κ3) is 9.07. The van der Waals surface area contributed by atoms with Gasteiger partial charge in [-0.3, -0.25) is 0 Å². The summed E-state index contributed by atoms with van der Waals surface area (Å²) in [4.78, 5) is 0. The molecule has 0 saturated heterocycles. The molecule has 0 aliphatic carbocycles. The van der Waals surface area contributed by atoms with E-state index in [0.29, 0.717) is 0 Å². The summed E-state index contributed by atoms with van der Waals surface area (Å²) >= 11 is 0. The van der Waals surface area contributed by atoms with Crippen molar-refractivity contribution in [1.82, 2.24) is 0 Å². The van der Waals surface area contributed by atoms with Crippen molar-refractivity contribution in [3.05, 3.63) is 139 Å². The minimum Gasteiger partial charge on any atom is -0.320 e. The van der Waals surface area contributed by atoms with Crippen molar-refractivity contribution in [3.63, 3.8) is 0 Å². The van der Waals surface area contributed by atoms with Crippen molar-refractivity contribution in [2.75, 3.05) is 19.6 Å². The number of hydrogen-bond donors (Lipinski definition) is 0. The Morgan fingerprint density at radius 1 is 0.512 bits per heavy atom. The van der Waals surface area contributed by atoms with Crippen LogP contribution in [0.2, 0.25) is 0 Å². The van der Waals surface area contributed by atoms with Gasteiger partial charge in [-0.25, -0.2) is 5.98 Å². The van der Waals surface area contributed by atoms with Crippen LogP contribution in [-0.4, -0.2) is 30.3 Å². The van der Waals surface area contributed by atoms with Crippen LogP contribution in [0, 0.1) is 0 Å². The maximum atomic E-state index is 4.19. The standard InChI is InChI=1S/C20H18B.C19H34N/c1-2-21(18-12-6-3-7-13-18,19-14-8-4-9-15-19)20-16-10-5-11-17-20;1-4-7-15-20(16-8-5-2,17-9-6-3)18-19-13-11-10-12-14-19/h2-17H,1H2;10-14H,4-9,15-18H2,1-3H3/q-1;+1. The quantitative estimate of drug-likeness (QED) is 0.104. The molecular formula is C39H52BN. The molecule has 0 aliphatic rings. The van der Waals surface area contributed by atoms with E-state index < -0.39 is 6.15 Å². The Morgan fingerprint density at radius 2 is 0.829 bits per heavy atom. The molecule has 4 aromatic carbocycles. The fourth-order valence-electron chi connectivity index (χ4n) is 6.28. The Bertz CT molecular complexity index is 1100. The summed E-state index contributed by atoms with van der Waals surface area (Å²) in [5, 5.41) is 0. The van der Waals surface area contributed by atoms with Gasteiger partial charge in [-0.2, -0.15) is 16.4 Å². The van der Waals surface area contributed by atoms with Crippen LogP contribution in [0.3, 0.4) is 0 Å². The Morgan fingerprint density at radius 3 is 1.12 bits per heavy atom. The second kappa shape index (κ2) is 17.5. The molecule has 4 rings (SSSR count). The molecule has 0 fully saturated rings. The highest BCUT2D eigenvalue weighted by Crippen LogP contribution is 2.20. The van der Waals surface area contributed by atoms with Crippen LogP contribution in [0.15, 0.2) is 134 Å². The van der Waals surface area contributed by atoms with E-state index in [-0.39, 0.29) is 0 Å². The molecule has 2 heteroatoms. The Labute approximate surface area is 251 Å². The lowest BCUT2D eigenvalue weighted by molar-refractivity contribution is -0.941. The summed E-state index contributed by atoms with van der Waals surface area (Å²) < 4.78 is 1.31. The van der Waals surface area contributed by atoms with Gasteiger partial charge in [0, 0.05) is 5.56 Å². The zero-order valence-electron chi connectivity index (χ0n) is 25.9. The first-order valence-electron chi connectivity index (χ1n) is 16.0. The number of nitrogens with zero attached hydrogens (tertiary/aromatic N) is 1. The van der Waals surface area contributed by atoms with Crippen LogP contribution in [0.5, 0.6) is 0 Å². The van der Waals surface area contributed by atoms with E-state index in [9.17, 15) is 0 Å². The van der Waals surface area contributed by atoms with Crippen molar-refractivity contribution in [1.29, 1.82) is 0 Å². The molecule has 41 heavy (non-hydrogen) atoms. The number of unbranched alkanes of at least 4 members (excludes halogenated alkanes) is 3. The number of hydrogen-bond acceptors (Lipinski definition) is 0. The van der Waals surface area contributed by atoms with Gasteiger partial charge in [-0.1, -0.05) is 161 Å². The second-order valence-electron chi connectivity index (χ2n) is 11.6. The van der Waals surface area contributed by atoms with Crippen molar-refractivity contribution in [2.45, 2.75) is 65.8 Å². The molecule has 0 atom stereocenters. The first-order chi connectivity index (χ1) is 20.1. The molecule has 0 unspecified atom stereocenters. The fraction of sp³-hybridized carbons (Fsp3) is 0.333. The average Bonchev–Trinajstić information content (AvgIpc) is 3.05. The Hall–Kier alpha value is -3.36. The molecule has 0 saturated carbocycles. The van der Waals surface area contributed by atoms with E-state index in [1.54, 1.807) is 0 Å². The minimum atomic E-state index is -1.13.